The fourth-order valence-corrected chi connectivity index (χ4v) is 3.14. The molecule has 0 radical (unpaired) electrons. The van der Waals surface area contributed by atoms with E-state index in [9.17, 15) is 4.79 Å². The summed E-state index contributed by atoms with van der Waals surface area (Å²) in [5, 5.41) is 0. The standard InChI is InChI=1S/C16H22O5/c1-18-12-9-11(10-13(19-2)14(12)20-3)16(15(17)21-4)7-5-6-8-16/h9-10H,5-8H2,1-4H3. The molecule has 5 nitrogen and oxygen atoms in total. The van der Waals surface area contributed by atoms with Crippen molar-refractivity contribution in [1.29, 1.82) is 0 Å². The maximum Gasteiger partial charge on any atom is 0.316 e. The van der Waals surface area contributed by atoms with Gasteiger partial charge in [0.15, 0.2) is 11.5 Å². The number of benzene rings is 1. The van der Waals surface area contributed by atoms with E-state index in [1.165, 1.54) is 7.11 Å². The number of esters is 1. The first-order valence-electron chi connectivity index (χ1n) is 7.02. The Morgan fingerprint density at radius 1 is 0.952 bits per heavy atom. The zero-order valence-electron chi connectivity index (χ0n) is 13.0. The van der Waals surface area contributed by atoms with Gasteiger partial charge < -0.3 is 18.9 Å². The summed E-state index contributed by atoms with van der Waals surface area (Å²) >= 11 is 0. The first-order chi connectivity index (χ1) is 10.1. The summed E-state index contributed by atoms with van der Waals surface area (Å²) in [5.41, 5.74) is 0.253. The van der Waals surface area contributed by atoms with Crippen molar-refractivity contribution in [1.82, 2.24) is 0 Å². The third-order valence-corrected chi connectivity index (χ3v) is 4.25. The van der Waals surface area contributed by atoms with Gasteiger partial charge >= 0.3 is 5.97 Å². The molecule has 5 heteroatoms. The highest BCUT2D eigenvalue weighted by atomic mass is 16.5. The molecule has 0 heterocycles. The Bertz CT molecular complexity index is 492. The van der Waals surface area contributed by atoms with Crippen LogP contribution in [0, 0.1) is 0 Å². The molecule has 0 spiro atoms. The van der Waals surface area contributed by atoms with Crippen molar-refractivity contribution >= 4 is 5.97 Å². The third kappa shape index (κ3) is 2.52. The predicted octanol–water partition coefficient (Wildman–Crippen LogP) is 2.70. The molecule has 1 aromatic rings. The molecule has 0 saturated heterocycles. The van der Waals surface area contributed by atoms with Crippen molar-refractivity contribution in [2.24, 2.45) is 0 Å². The van der Waals surface area contributed by atoms with Gasteiger partial charge in [-0.1, -0.05) is 12.8 Å². The lowest BCUT2D eigenvalue weighted by atomic mass is 9.78. The van der Waals surface area contributed by atoms with Crippen molar-refractivity contribution in [2.45, 2.75) is 31.1 Å². The van der Waals surface area contributed by atoms with Crippen molar-refractivity contribution in [3.05, 3.63) is 17.7 Å². The van der Waals surface area contributed by atoms with Gasteiger partial charge in [0.25, 0.3) is 0 Å². The molecule has 1 saturated carbocycles. The lowest BCUT2D eigenvalue weighted by Crippen LogP contribution is -2.34. The second-order valence-corrected chi connectivity index (χ2v) is 5.19. The Balaban J connectivity index is 2.59. The topological polar surface area (TPSA) is 54.0 Å². The summed E-state index contributed by atoms with van der Waals surface area (Å²) in [4.78, 5) is 12.4. The minimum atomic E-state index is -0.610. The minimum absolute atomic E-state index is 0.200. The van der Waals surface area contributed by atoms with Crippen LogP contribution in [0.25, 0.3) is 0 Å². The quantitative estimate of drug-likeness (QED) is 0.782. The lowest BCUT2D eigenvalue weighted by molar-refractivity contribution is -0.147. The Kier molecular flexibility index (Phi) is 4.60. The molecule has 0 N–H and O–H groups in total. The van der Waals surface area contributed by atoms with Gasteiger partial charge in [0.1, 0.15) is 0 Å². The van der Waals surface area contributed by atoms with Crippen molar-refractivity contribution in [3.8, 4) is 17.2 Å². The minimum Gasteiger partial charge on any atom is -0.493 e. The van der Waals surface area contributed by atoms with Crippen LogP contribution in [0.3, 0.4) is 0 Å². The van der Waals surface area contributed by atoms with E-state index in [2.05, 4.69) is 0 Å². The van der Waals surface area contributed by atoms with Gasteiger partial charge in [0, 0.05) is 0 Å². The lowest BCUT2D eigenvalue weighted by Gasteiger charge is -2.27. The molecule has 0 aliphatic heterocycles. The van der Waals surface area contributed by atoms with E-state index in [1.54, 1.807) is 21.3 Å². The van der Waals surface area contributed by atoms with E-state index in [-0.39, 0.29) is 5.97 Å². The predicted molar refractivity (Wildman–Crippen MR) is 78.3 cm³/mol. The largest absolute Gasteiger partial charge is 0.493 e. The molecule has 1 fully saturated rings. The van der Waals surface area contributed by atoms with E-state index >= 15 is 0 Å². The highest BCUT2D eigenvalue weighted by molar-refractivity contribution is 5.84. The van der Waals surface area contributed by atoms with Gasteiger partial charge in [-0.25, -0.2) is 0 Å². The van der Waals surface area contributed by atoms with Crippen LogP contribution in [0.4, 0.5) is 0 Å². The molecule has 2 rings (SSSR count). The number of rotatable bonds is 5. The van der Waals surface area contributed by atoms with Crippen LogP contribution in [0.2, 0.25) is 0 Å². The molecule has 116 valence electrons. The van der Waals surface area contributed by atoms with Gasteiger partial charge in [-0.05, 0) is 30.5 Å². The van der Waals surface area contributed by atoms with Crippen LogP contribution in [-0.4, -0.2) is 34.4 Å². The van der Waals surface area contributed by atoms with Gasteiger partial charge in [0.05, 0.1) is 33.9 Å². The molecule has 0 atom stereocenters. The molecule has 0 aromatic heterocycles. The van der Waals surface area contributed by atoms with Gasteiger partial charge in [0.2, 0.25) is 5.75 Å². The normalized spacial score (nSPS) is 16.4. The maximum atomic E-state index is 12.4. The fourth-order valence-electron chi connectivity index (χ4n) is 3.14. The van der Waals surface area contributed by atoms with E-state index < -0.39 is 5.41 Å². The van der Waals surface area contributed by atoms with Crippen LogP contribution < -0.4 is 14.2 Å². The van der Waals surface area contributed by atoms with E-state index in [4.69, 9.17) is 18.9 Å². The highest BCUT2D eigenvalue weighted by Crippen LogP contribution is 2.47. The maximum absolute atomic E-state index is 12.4. The van der Waals surface area contributed by atoms with Crippen LogP contribution in [-0.2, 0) is 14.9 Å². The zero-order chi connectivity index (χ0) is 15.5. The molecule has 21 heavy (non-hydrogen) atoms. The monoisotopic (exact) mass is 294 g/mol. The molecule has 1 aromatic carbocycles. The molecular formula is C16H22O5. The molecule has 1 aliphatic rings. The van der Waals surface area contributed by atoms with Gasteiger partial charge in [-0.2, -0.15) is 0 Å². The molecule has 0 bridgehead atoms. The second-order valence-electron chi connectivity index (χ2n) is 5.19. The number of hydrogen-bond acceptors (Lipinski definition) is 5. The van der Waals surface area contributed by atoms with Crippen molar-refractivity contribution in [3.63, 3.8) is 0 Å². The smallest absolute Gasteiger partial charge is 0.316 e. The Morgan fingerprint density at radius 2 is 1.48 bits per heavy atom. The third-order valence-electron chi connectivity index (χ3n) is 4.25. The van der Waals surface area contributed by atoms with Crippen molar-refractivity contribution < 1.29 is 23.7 Å². The summed E-state index contributed by atoms with van der Waals surface area (Å²) in [5.74, 6) is 1.44. The number of carbonyl (C=O) groups is 1. The molecule has 0 unspecified atom stereocenters. The average molecular weight is 294 g/mol. The van der Waals surface area contributed by atoms with E-state index in [0.29, 0.717) is 17.2 Å². The molecule has 0 amide bonds. The summed E-state index contributed by atoms with van der Waals surface area (Å²) in [7, 11) is 6.13. The van der Waals surface area contributed by atoms with Gasteiger partial charge in [-0.15, -0.1) is 0 Å². The number of carbonyl (C=O) groups excluding carboxylic acids is 1. The first-order valence-corrected chi connectivity index (χ1v) is 7.02. The summed E-state index contributed by atoms with van der Waals surface area (Å²) in [6.45, 7) is 0. The Hall–Kier alpha value is -1.91. The SMILES string of the molecule is COC(=O)C1(c2cc(OC)c(OC)c(OC)c2)CCCC1. The highest BCUT2D eigenvalue weighted by Gasteiger charge is 2.44. The van der Waals surface area contributed by atoms with Gasteiger partial charge in [-0.3, -0.25) is 4.79 Å². The van der Waals surface area contributed by atoms with Crippen LogP contribution in [0.15, 0.2) is 12.1 Å². The average Bonchev–Trinajstić information content (AvgIpc) is 3.03. The summed E-state index contributed by atoms with van der Waals surface area (Å²) in [6.07, 6.45) is 3.56. The first kappa shape index (κ1) is 15.5. The van der Waals surface area contributed by atoms with Crippen LogP contribution in [0.5, 0.6) is 17.2 Å². The Labute approximate surface area is 125 Å². The van der Waals surface area contributed by atoms with E-state index in [1.807, 2.05) is 12.1 Å². The molecule has 1 aliphatic carbocycles. The molecular weight excluding hydrogens is 272 g/mol. The number of methoxy groups -OCH3 is 4. The zero-order valence-corrected chi connectivity index (χ0v) is 13.0. The van der Waals surface area contributed by atoms with E-state index in [0.717, 1.165) is 31.2 Å². The number of hydrogen-bond donors (Lipinski definition) is 0. The second kappa shape index (κ2) is 6.24. The van der Waals surface area contributed by atoms with Crippen LogP contribution >= 0.6 is 0 Å². The Morgan fingerprint density at radius 3 is 1.86 bits per heavy atom. The van der Waals surface area contributed by atoms with Crippen LogP contribution in [0.1, 0.15) is 31.2 Å². The fraction of sp³-hybridized carbons (Fsp3) is 0.562. The summed E-state index contributed by atoms with van der Waals surface area (Å²) < 4.78 is 21.1. The van der Waals surface area contributed by atoms with Crippen molar-refractivity contribution in [2.75, 3.05) is 28.4 Å². The summed E-state index contributed by atoms with van der Waals surface area (Å²) in [6, 6.07) is 3.70. The number of ether oxygens (including phenoxy) is 4.